The molecule has 2 bridgehead atoms. The highest BCUT2D eigenvalue weighted by molar-refractivity contribution is 6.20. The van der Waals surface area contributed by atoms with Crippen LogP contribution in [0.3, 0.4) is 0 Å². The molecular formula is C36H42O7. The van der Waals surface area contributed by atoms with Crippen molar-refractivity contribution >= 4 is 11.6 Å². The molecule has 4 atom stereocenters. The normalized spacial score (nSPS) is 31.4. The van der Waals surface area contributed by atoms with Crippen LogP contribution in [0.15, 0.2) is 84.0 Å². The van der Waals surface area contributed by atoms with Gasteiger partial charge in [-0.1, -0.05) is 86.3 Å². The van der Waals surface area contributed by atoms with Gasteiger partial charge in [0.25, 0.3) is 0 Å². The Balaban J connectivity index is 1.31. The third kappa shape index (κ3) is 6.47. The van der Waals surface area contributed by atoms with Crippen LogP contribution in [0.5, 0.6) is 0 Å². The summed E-state index contributed by atoms with van der Waals surface area (Å²) in [5, 5.41) is 0. The molecule has 0 N–H and O–H groups in total. The third-order valence-electron chi connectivity index (χ3n) is 9.37. The van der Waals surface area contributed by atoms with Crippen molar-refractivity contribution in [2.75, 3.05) is 39.6 Å². The second-order valence-electron chi connectivity index (χ2n) is 12.0. The van der Waals surface area contributed by atoms with Crippen LogP contribution in [0, 0.1) is 0 Å². The largest absolute Gasteiger partial charge is 0.377 e. The van der Waals surface area contributed by atoms with Gasteiger partial charge in [0.2, 0.25) is 0 Å². The molecule has 0 amide bonds. The highest BCUT2D eigenvalue weighted by atomic mass is 16.6. The maximum Gasteiger partial charge on any atom is 0.189 e. The van der Waals surface area contributed by atoms with Gasteiger partial charge in [0.1, 0.15) is 11.2 Å². The zero-order valence-corrected chi connectivity index (χ0v) is 24.8. The molecule has 0 unspecified atom stereocenters. The number of ether oxygens (including phenoxy) is 5. The number of fused-ring (bicyclic) bond motifs is 4. The maximum atomic E-state index is 13.8. The number of Topliss-reactive ketones (excluding diaryl/α,β-unsaturated/α-hetero) is 1. The lowest BCUT2D eigenvalue weighted by Gasteiger charge is -2.45. The zero-order chi connectivity index (χ0) is 29.5. The molecule has 7 heteroatoms. The van der Waals surface area contributed by atoms with Gasteiger partial charge in [0.05, 0.1) is 51.8 Å². The van der Waals surface area contributed by atoms with E-state index in [0.717, 1.165) is 62.5 Å². The van der Waals surface area contributed by atoms with Crippen LogP contribution in [-0.4, -0.2) is 63.4 Å². The number of benzene rings is 2. The molecule has 2 aromatic rings. The molecule has 1 aliphatic heterocycles. The smallest absolute Gasteiger partial charge is 0.189 e. The highest BCUT2D eigenvalue weighted by Gasteiger charge is 2.46. The molecule has 0 radical (unpaired) electrons. The number of rotatable bonds is 2. The van der Waals surface area contributed by atoms with E-state index in [1.165, 1.54) is 12.2 Å². The number of hydrogen-bond donors (Lipinski definition) is 0. The second kappa shape index (κ2) is 13.8. The predicted molar refractivity (Wildman–Crippen MR) is 162 cm³/mol. The van der Waals surface area contributed by atoms with E-state index in [0.29, 0.717) is 37.6 Å². The van der Waals surface area contributed by atoms with E-state index >= 15 is 0 Å². The van der Waals surface area contributed by atoms with Crippen LogP contribution in [0.4, 0.5) is 0 Å². The van der Waals surface area contributed by atoms with Crippen LogP contribution in [-0.2, 0) is 44.5 Å². The van der Waals surface area contributed by atoms with Crippen molar-refractivity contribution in [2.24, 2.45) is 0 Å². The van der Waals surface area contributed by atoms with Gasteiger partial charge < -0.3 is 23.7 Å². The van der Waals surface area contributed by atoms with Crippen LogP contribution in [0.2, 0.25) is 0 Å². The van der Waals surface area contributed by atoms with E-state index in [1.54, 1.807) is 0 Å². The minimum Gasteiger partial charge on any atom is -0.377 e. The summed E-state index contributed by atoms with van der Waals surface area (Å²) in [4.78, 5) is 26.8. The molecule has 1 heterocycles. The molecule has 2 saturated carbocycles. The second-order valence-corrected chi connectivity index (χ2v) is 12.0. The first-order chi connectivity index (χ1) is 21.1. The quantitative estimate of drug-likeness (QED) is 0.414. The standard InChI is InChI=1S/C36H42O7/c37-31-23-27-25-42-35(29-11-3-1-4-12-29)17-9-7-15-32(35)40-21-19-39-20-22-41-33-16-8-10-18-36(33,30-13-5-2-6-14-30)43-26-28(24-31)34(27)38/h1-6,11-14,23-24,32-33H,7-10,15-22,25-26H2/t32-,33-,35-,36-/m1/s1. The molecule has 3 aliphatic carbocycles. The zero-order valence-electron chi connectivity index (χ0n) is 24.8. The van der Waals surface area contributed by atoms with Gasteiger partial charge in [-0.25, -0.2) is 0 Å². The SMILES string of the molecule is O=C1C=C2CO[C@@]3(c4ccccc4)CCCC[C@H]3OCCOCCO[C@@H]3CCCC[C@]3(c3ccccc3)OCC(=C1)C2=O. The summed E-state index contributed by atoms with van der Waals surface area (Å²) in [6.07, 6.45) is 9.65. The van der Waals surface area contributed by atoms with E-state index < -0.39 is 11.2 Å². The Hall–Kier alpha value is -2.94. The fourth-order valence-electron chi connectivity index (χ4n) is 7.21. The summed E-state index contributed by atoms with van der Waals surface area (Å²) < 4.78 is 32.4. The minimum atomic E-state index is -0.733. The number of hydrogen-bond acceptors (Lipinski definition) is 7. The summed E-state index contributed by atoms with van der Waals surface area (Å²) in [5.41, 5.74) is 1.27. The van der Waals surface area contributed by atoms with Crippen LogP contribution in [0.1, 0.15) is 62.5 Å². The van der Waals surface area contributed by atoms with E-state index in [2.05, 4.69) is 24.3 Å². The van der Waals surface area contributed by atoms with E-state index in [9.17, 15) is 9.59 Å². The Morgan fingerprint density at radius 1 is 0.581 bits per heavy atom. The molecule has 7 nitrogen and oxygen atoms in total. The Bertz CT molecular complexity index is 1220. The summed E-state index contributed by atoms with van der Waals surface area (Å²) in [5.74, 6) is -0.430. The van der Waals surface area contributed by atoms with Crippen molar-refractivity contribution in [1.29, 1.82) is 0 Å². The molecule has 1 saturated heterocycles. The molecule has 6 rings (SSSR count). The van der Waals surface area contributed by atoms with Gasteiger partial charge in [-0.2, -0.15) is 0 Å². The van der Waals surface area contributed by atoms with E-state index in [-0.39, 0.29) is 37.0 Å². The van der Waals surface area contributed by atoms with Gasteiger partial charge in [0.15, 0.2) is 11.6 Å². The maximum absolute atomic E-state index is 13.8. The molecule has 4 aliphatic rings. The number of ketones is 2. The Labute approximate surface area is 254 Å². The van der Waals surface area contributed by atoms with Gasteiger partial charge >= 0.3 is 0 Å². The lowest BCUT2D eigenvalue weighted by Crippen LogP contribution is -2.48. The topological polar surface area (TPSA) is 80.3 Å². The van der Waals surface area contributed by atoms with Crippen molar-refractivity contribution < 1.29 is 33.3 Å². The van der Waals surface area contributed by atoms with Gasteiger partial charge in [-0.3, -0.25) is 9.59 Å². The summed E-state index contributed by atoms with van der Waals surface area (Å²) >= 11 is 0. The molecule has 228 valence electrons. The van der Waals surface area contributed by atoms with Crippen molar-refractivity contribution in [3.8, 4) is 0 Å². The average molecular weight is 587 g/mol. The Morgan fingerprint density at radius 2 is 1.05 bits per heavy atom. The van der Waals surface area contributed by atoms with Crippen molar-refractivity contribution in [3.05, 3.63) is 95.1 Å². The van der Waals surface area contributed by atoms with Crippen molar-refractivity contribution in [2.45, 2.75) is 74.8 Å². The van der Waals surface area contributed by atoms with Crippen LogP contribution in [0.25, 0.3) is 0 Å². The van der Waals surface area contributed by atoms with Gasteiger partial charge in [-0.15, -0.1) is 0 Å². The van der Waals surface area contributed by atoms with E-state index in [1.807, 2.05) is 36.4 Å². The van der Waals surface area contributed by atoms with Crippen molar-refractivity contribution in [1.82, 2.24) is 0 Å². The fourth-order valence-corrected chi connectivity index (χ4v) is 7.21. The first kappa shape index (κ1) is 30.1. The summed E-state index contributed by atoms with van der Waals surface area (Å²) in [7, 11) is 0. The number of allylic oxidation sites excluding steroid dienone is 2. The van der Waals surface area contributed by atoms with E-state index in [4.69, 9.17) is 23.7 Å². The molecule has 3 fully saturated rings. The lowest BCUT2D eigenvalue weighted by atomic mass is 9.76. The molecule has 0 spiro atoms. The number of carbonyl (C=O) groups excluding carboxylic acids is 2. The molecule has 0 aromatic heterocycles. The molecular weight excluding hydrogens is 544 g/mol. The number of carbonyl (C=O) groups is 2. The monoisotopic (exact) mass is 586 g/mol. The minimum absolute atomic E-state index is 0.0166. The first-order valence-electron chi connectivity index (χ1n) is 15.8. The highest BCUT2D eigenvalue weighted by Crippen LogP contribution is 2.44. The third-order valence-corrected chi connectivity index (χ3v) is 9.37. The molecule has 43 heavy (non-hydrogen) atoms. The lowest BCUT2D eigenvalue weighted by molar-refractivity contribution is -0.180. The average Bonchev–Trinajstić information content (AvgIpc) is 3.05. The summed E-state index contributed by atoms with van der Waals surface area (Å²) in [6.45, 7) is 1.78. The van der Waals surface area contributed by atoms with Crippen LogP contribution >= 0.6 is 0 Å². The van der Waals surface area contributed by atoms with Gasteiger partial charge in [0, 0.05) is 11.1 Å². The Kier molecular flexibility index (Phi) is 9.65. The first-order valence-corrected chi connectivity index (χ1v) is 15.8. The predicted octanol–water partition coefficient (Wildman–Crippen LogP) is 5.76. The van der Waals surface area contributed by atoms with Gasteiger partial charge in [-0.05, 0) is 49.0 Å². The molecule has 2 aromatic carbocycles. The van der Waals surface area contributed by atoms with Crippen molar-refractivity contribution in [3.63, 3.8) is 0 Å². The van der Waals surface area contributed by atoms with Crippen LogP contribution < -0.4 is 0 Å². The summed E-state index contributed by atoms with van der Waals surface area (Å²) in [6, 6.07) is 20.2. The Morgan fingerprint density at radius 3 is 1.51 bits per heavy atom. The fraction of sp³-hybridized carbons (Fsp3) is 0.500.